The van der Waals surface area contributed by atoms with Crippen LogP contribution in [0.5, 0.6) is 5.75 Å². The topological polar surface area (TPSA) is 31.2 Å². The van der Waals surface area contributed by atoms with Gasteiger partial charge in [-0.25, -0.2) is 0 Å². The van der Waals surface area contributed by atoms with E-state index in [2.05, 4.69) is 39.0 Å². The van der Waals surface area contributed by atoms with Crippen molar-refractivity contribution < 1.29 is 4.74 Å². The van der Waals surface area contributed by atoms with Crippen LogP contribution < -0.4 is 10.3 Å². The van der Waals surface area contributed by atoms with Gasteiger partial charge in [0.1, 0.15) is 5.75 Å². The van der Waals surface area contributed by atoms with Crippen LogP contribution in [-0.2, 0) is 6.54 Å². The highest BCUT2D eigenvalue weighted by Gasteiger charge is 2.03. The van der Waals surface area contributed by atoms with Gasteiger partial charge in [-0.1, -0.05) is 43.5 Å². The summed E-state index contributed by atoms with van der Waals surface area (Å²) in [5.41, 5.74) is 3.61. The largest absolute Gasteiger partial charge is 0.493 e. The van der Waals surface area contributed by atoms with E-state index in [9.17, 15) is 4.79 Å². The van der Waals surface area contributed by atoms with Gasteiger partial charge in [0.2, 0.25) is 0 Å². The Morgan fingerprint density at radius 3 is 2.59 bits per heavy atom. The summed E-state index contributed by atoms with van der Waals surface area (Å²) in [6.07, 6.45) is 5.17. The van der Waals surface area contributed by atoms with E-state index in [0.717, 1.165) is 12.8 Å². The zero-order valence-corrected chi connectivity index (χ0v) is 13.8. The van der Waals surface area contributed by atoms with Crippen molar-refractivity contribution in [1.82, 2.24) is 4.57 Å². The zero-order chi connectivity index (χ0) is 15.9. The highest BCUT2D eigenvalue weighted by Crippen LogP contribution is 2.13. The normalized spacial score (nSPS) is 10.7. The third-order valence-electron chi connectivity index (χ3n) is 3.82. The van der Waals surface area contributed by atoms with Gasteiger partial charge in [-0.05, 0) is 37.5 Å². The first-order valence-electron chi connectivity index (χ1n) is 7.99. The van der Waals surface area contributed by atoms with Gasteiger partial charge in [0.25, 0.3) is 5.56 Å². The van der Waals surface area contributed by atoms with Crippen LogP contribution in [0.3, 0.4) is 0 Å². The minimum atomic E-state index is -0.0204. The second kappa shape index (κ2) is 7.83. The number of pyridine rings is 1. The molecule has 1 heterocycles. The highest BCUT2D eigenvalue weighted by molar-refractivity contribution is 5.31. The molecule has 0 aliphatic carbocycles. The standard InChI is InChI=1S/C19H25NO2/c1-4-5-6-11-22-18-9-10-20(19(21)13-18)14-17-8-7-15(2)12-16(17)3/h7-10,12-13H,4-6,11,14H2,1-3H3. The summed E-state index contributed by atoms with van der Waals surface area (Å²) in [7, 11) is 0. The van der Waals surface area contributed by atoms with Crippen molar-refractivity contribution in [3.63, 3.8) is 0 Å². The van der Waals surface area contributed by atoms with Crippen LogP contribution in [0.2, 0.25) is 0 Å². The molecule has 0 aliphatic heterocycles. The molecule has 0 radical (unpaired) electrons. The summed E-state index contributed by atoms with van der Waals surface area (Å²) in [6.45, 7) is 7.59. The molecule has 3 nitrogen and oxygen atoms in total. The molecule has 0 saturated heterocycles. The van der Waals surface area contributed by atoms with E-state index in [1.807, 2.05) is 12.3 Å². The Morgan fingerprint density at radius 1 is 1.09 bits per heavy atom. The first kappa shape index (κ1) is 16.3. The van der Waals surface area contributed by atoms with Crippen molar-refractivity contribution in [2.75, 3.05) is 6.61 Å². The van der Waals surface area contributed by atoms with Gasteiger partial charge in [0, 0.05) is 12.3 Å². The summed E-state index contributed by atoms with van der Waals surface area (Å²) in [4.78, 5) is 12.2. The molecule has 0 bridgehead atoms. The van der Waals surface area contributed by atoms with Crippen LogP contribution in [0, 0.1) is 13.8 Å². The Bertz CT molecular complexity index is 673. The van der Waals surface area contributed by atoms with Crippen molar-refractivity contribution in [2.24, 2.45) is 0 Å². The number of nitrogens with zero attached hydrogens (tertiary/aromatic N) is 1. The first-order chi connectivity index (χ1) is 10.6. The number of benzene rings is 1. The summed E-state index contributed by atoms with van der Waals surface area (Å²) in [5.74, 6) is 0.665. The fourth-order valence-electron chi connectivity index (χ4n) is 2.46. The molecule has 3 heteroatoms. The third-order valence-corrected chi connectivity index (χ3v) is 3.82. The predicted octanol–water partition coefficient (Wildman–Crippen LogP) is 4.08. The summed E-state index contributed by atoms with van der Waals surface area (Å²) in [5, 5.41) is 0. The number of aryl methyl sites for hydroxylation is 2. The van der Waals surface area contributed by atoms with E-state index in [-0.39, 0.29) is 5.56 Å². The Hall–Kier alpha value is -2.03. The second-order valence-electron chi connectivity index (χ2n) is 5.81. The summed E-state index contributed by atoms with van der Waals surface area (Å²) in [6, 6.07) is 9.77. The van der Waals surface area contributed by atoms with Crippen molar-refractivity contribution in [1.29, 1.82) is 0 Å². The Labute approximate surface area is 132 Å². The van der Waals surface area contributed by atoms with Crippen molar-refractivity contribution in [3.8, 4) is 5.75 Å². The molecule has 2 aromatic rings. The minimum Gasteiger partial charge on any atom is -0.493 e. The molecule has 0 atom stereocenters. The lowest BCUT2D eigenvalue weighted by atomic mass is 10.1. The molecule has 0 spiro atoms. The quantitative estimate of drug-likeness (QED) is 0.721. The van der Waals surface area contributed by atoms with Crippen molar-refractivity contribution >= 4 is 0 Å². The molecule has 22 heavy (non-hydrogen) atoms. The van der Waals surface area contributed by atoms with Gasteiger partial charge in [0.05, 0.1) is 13.2 Å². The van der Waals surface area contributed by atoms with Gasteiger partial charge < -0.3 is 9.30 Å². The average molecular weight is 299 g/mol. The third kappa shape index (κ3) is 4.48. The van der Waals surface area contributed by atoms with Crippen molar-refractivity contribution in [3.05, 3.63) is 63.6 Å². The fraction of sp³-hybridized carbons (Fsp3) is 0.421. The van der Waals surface area contributed by atoms with E-state index in [1.165, 1.54) is 23.1 Å². The zero-order valence-electron chi connectivity index (χ0n) is 13.8. The number of hydrogen-bond acceptors (Lipinski definition) is 2. The number of aromatic nitrogens is 1. The van der Waals surface area contributed by atoms with Gasteiger partial charge in [-0.3, -0.25) is 4.79 Å². The fourth-order valence-corrected chi connectivity index (χ4v) is 2.46. The lowest BCUT2D eigenvalue weighted by Gasteiger charge is -2.11. The smallest absolute Gasteiger partial charge is 0.254 e. The Kier molecular flexibility index (Phi) is 5.82. The number of unbranched alkanes of at least 4 members (excludes halogenated alkanes) is 2. The molecule has 0 saturated carbocycles. The van der Waals surface area contributed by atoms with Gasteiger partial charge in [-0.2, -0.15) is 0 Å². The van der Waals surface area contributed by atoms with Crippen LogP contribution in [0.1, 0.15) is 42.9 Å². The molecule has 0 unspecified atom stereocenters. The van der Waals surface area contributed by atoms with E-state index in [0.29, 0.717) is 18.9 Å². The number of rotatable bonds is 7. The molecule has 0 aliphatic rings. The highest BCUT2D eigenvalue weighted by atomic mass is 16.5. The summed E-state index contributed by atoms with van der Waals surface area (Å²) >= 11 is 0. The van der Waals surface area contributed by atoms with E-state index >= 15 is 0 Å². The van der Waals surface area contributed by atoms with Gasteiger partial charge in [0.15, 0.2) is 0 Å². The maximum Gasteiger partial charge on any atom is 0.254 e. The molecule has 1 aromatic carbocycles. The SMILES string of the molecule is CCCCCOc1ccn(Cc2ccc(C)cc2C)c(=O)c1. The van der Waals surface area contributed by atoms with Crippen molar-refractivity contribution in [2.45, 2.75) is 46.6 Å². The van der Waals surface area contributed by atoms with Crippen LogP contribution in [0.15, 0.2) is 41.3 Å². The van der Waals surface area contributed by atoms with Gasteiger partial charge in [-0.15, -0.1) is 0 Å². The minimum absolute atomic E-state index is 0.0204. The van der Waals surface area contributed by atoms with Crippen LogP contribution >= 0.6 is 0 Å². The molecular formula is C19H25NO2. The predicted molar refractivity (Wildman–Crippen MR) is 90.7 cm³/mol. The molecule has 1 aromatic heterocycles. The molecule has 0 fully saturated rings. The molecule has 0 N–H and O–H groups in total. The Morgan fingerprint density at radius 2 is 1.91 bits per heavy atom. The summed E-state index contributed by atoms with van der Waals surface area (Å²) < 4.78 is 7.34. The van der Waals surface area contributed by atoms with Crippen LogP contribution in [0.4, 0.5) is 0 Å². The molecule has 0 amide bonds. The first-order valence-corrected chi connectivity index (χ1v) is 7.99. The average Bonchev–Trinajstić information content (AvgIpc) is 2.49. The van der Waals surface area contributed by atoms with E-state index in [4.69, 9.17) is 4.74 Å². The number of ether oxygens (including phenoxy) is 1. The van der Waals surface area contributed by atoms with Crippen LogP contribution in [0.25, 0.3) is 0 Å². The molecule has 118 valence electrons. The molecular weight excluding hydrogens is 274 g/mol. The van der Waals surface area contributed by atoms with Gasteiger partial charge >= 0.3 is 0 Å². The lowest BCUT2D eigenvalue weighted by Crippen LogP contribution is -2.19. The lowest BCUT2D eigenvalue weighted by molar-refractivity contribution is 0.305. The monoisotopic (exact) mass is 299 g/mol. The van der Waals surface area contributed by atoms with E-state index < -0.39 is 0 Å². The maximum atomic E-state index is 12.2. The van der Waals surface area contributed by atoms with E-state index in [1.54, 1.807) is 10.6 Å². The molecule has 2 rings (SSSR count). The van der Waals surface area contributed by atoms with Crippen LogP contribution in [-0.4, -0.2) is 11.2 Å². The number of hydrogen-bond donors (Lipinski definition) is 0. The second-order valence-corrected chi connectivity index (χ2v) is 5.81. The Balaban J connectivity index is 2.05. The maximum absolute atomic E-state index is 12.2.